The van der Waals surface area contributed by atoms with Crippen LogP contribution in [0.25, 0.3) is 0 Å². The Hall–Kier alpha value is -1.13. The lowest BCUT2D eigenvalue weighted by atomic mass is 10.2. The Morgan fingerprint density at radius 3 is 2.88 bits per heavy atom. The van der Waals surface area contributed by atoms with Gasteiger partial charge in [0.2, 0.25) is 0 Å². The maximum absolute atomic E-state index is 13.5. The molecule has 1 aromatic carbocycles. The zero-order valence-electron chi connectivity index (χ0n) is 9.66. The van der Waals surface area contributed by atoms with Crippen molar-refractivity contribution in [2.45, 2.75) is 19.9 Å². The van der Waals surface area contributed by atoms with E-state index in [9.17, 15) is 4.39 Å². The number of aryl methyl sites for hydroxylation is 1. The average molecular weight is 227 g/mol. The second-order valence-corrected chi connectivity index (χ2v) is 3.64. The second kappa shape index (κ2) is 6.45. The number of likely N-dealkylation sites (N-methyl/N-ethyl adjacent to an activating group) is 1. The quantitative estimate of drug-likeness (QED) is 0.773. The molecule has 0 bridgehead atoms. The first kappa shape index (κ1) is 12.9. The van der Waals surface area contributed by atoms with Gasteiger partial charge in [-0.15, -0.1) is 0 Å². The molecule has 0 saturated heterocycles. The number of aliphatic hydroxyl groups is 1. The minimum atomic E-state index is -0.337. The second-order valence-electron chi connectivity index (χ2n) is 3.64. The van der Waals surface area contributed by atoms with Gasteiger partial charge in [0.15, 0.2) is 11.6 Å². The molecule has 1 rings (SSSR count). The highest BCUT2D eigenvalue weighted by Gasteiger charge is 2.09. The lowest BCUT2D eigenvalue weighted by Gasteiger charge is -2.16. The van der Waals surface area contributed by atoms with Gasteiger partial charge < -0.3 is 15.2 Å². The summed E-state index contributed by atoms with van der Waals surface area (Å²) in [6, 6.07) is 4.86. The first-order valence-electron chi connectivity index (χ1n) is 5.41. The van der Waals surface area contributed by atoms with Crippen LogP contribution >= 0.6 is 0 Å². The van der Waals surface area contributed by atoms with Crippen molar-refractivity contribution in [3.63, 3.8) is 0 Å². The minimum absolute atomic E-state index is 0.0265. The molecule has 4 heteroatoms. The summed E-state index contributed by atoms with van der Waals surface area (Å²) < 4.78 is 18.9. The molecule has 0 radical (unpaired) electrons. The summed E-state index contributed by atoms with van der Waals surface area (Å²) in [6.07, 6.45) is 0. The summed E-state index contributed by atoms with van der Waals surface area (Å²) in [7, 11) is 0. The molecule has 0 amide bonds. The molecule has 0 spiro atoms. The van der Waals surface area contributed by atoms with Crippen molar-refractivity contribution in [2.75, 3.05) is 19.8 Å². The summed E-state index contributed by atoms with van der Waals surface area (Å²) in [5, 5.41) is 12.1. The van der Waals surface area contributed by atoms with E-state index >= 15 is 0 Å². The van der Waals surface area contributed by atoms with Gasteiger partial charge in [-0.3, -0.25) is 0 Å². The minimum Gasteiger partial charge on any atom is -0.489 e. The molecule has 0 fully saturated rings. The summed E-state index contributed by atoms with van der Waals surface area (Å²) in [5.41, 5.74) is 0.557. The van der Waals surface area contributed by atoms with E-state index in [0.29, 0.717) is 5.56 Å². The molecular formula is C12H18FNO2. The van der Waals surface area contributed by atoms with E-state index in [0.717, 1.165) is 6.54 Å². The van der Waals surface area contributed by atoms with Crippen LogP contribution in [0, 0.1) is 12.7 Å². The standard InChI is InChI=1S/C12H18FNO2/c1-3-14-10(7-15)8-16-11-6-4-5-9(2)12(11)13/h4-6,10,14-15H,3,7-8H2,1-2H3. The van der Waals surface area contributed by atoms with Gasteiger partial charge >= 0.3 is 0 Å². The van der Waals surface area contributed by atoms with Crippen LogP contribution in [0.3, 0.4) is 0 Å². The third-order valence-electron chi connectivity index (χ3n) is 2.31. The summed E-state index contributed by atoms with van der Waals surface area (Å²) in [6.45, 7) is 4.60. The Labute approximate surface area is 95.2 Å². The van der Waals surface area contributed by atoms with E-state index < -0.39 is 0 Å². The van der Waals surface area contributed by atoms with Gasteiger partial charge in [-0.1, -0.05) is 19.1 Å². The topological polar surface area (TPSA) is 41.5 Å². The average Bonchev–Trinajstić information content (AvgIpc) is 2.29. The fraction of sp³-hybridized carbons (Fsp3) is 0.500. The largest absolute Gasteiger partial charge is 0.489 e. The van der Waals surface area contributed by atoms with Crippen LogP contribution < -0.4 is 10.1 Å². The van der Waals surface area contributed by atoms with Crippen molar-refractivity contribution in [3.8, 4) is 5.75 Å². The Morgan fingerprint density at radius 1 is 1.50 bits per heavy atom. The van der Waals surface area contributed by atoms with Crippen molar-refractivity contribution in [1.82, 2.24) is 5.32 Å². The molecule has 0 aliphatic carbocycles. The van der Waals surface area contributed by atoms with Gasteiger partial charge in [-0.2, -0.15) is 0 Å². The maximum Gasteiger partial charge on any atom is 0.167 e. The van der Waals surface area contributed by atoms with E-state index in [1.165, 1.54) is 0 Å². The number of benzene rings is 1. The van der Waals surface area contributed by atoms with Gasteiger partial charge in [0.05, 0.1) is 12.6 Å². The van der Waals surface area contributed by atoms with Crippen LogP contribution in [0.5, 0.6) is 5.75 Å². The van der Waals surface area contributed by atoms with E-state index in [2.05, 4.69) is 5.32 Å². The van der Waals surface area contributed by atoms with Gasteiger partial charge in [-0.25, -0.2) is 4.39 Å². The van der Waals surface area contributed by atoms with Crippen molar-refractivity contribution in [3.05, 3.63) is 29.6 Å². The fourth-order valence-corrected chi connectivity index (χ4v) is 1.39. The Bertz CT molecular complexity index is 331. The molecule has 1 unspecified atom stereocenters. The normalized spacial score (nSPS) is 12.5. The van der Waals surface area contributed by atoms with Crippen LogP contribution in [-0.2, 0) is 0 Å². The lowest BCUT2D eigenvalue weighted by Crippen LogP contribution is -2.37. The highest BCUT2D eigenvalue weighted by molar-refractivity contribution is 5.30. The van der Waals surface area contributed by atoms with E-state index in [1.54, 1.807) is 25.1 Å². The Balaban J connectivity index is 2.56. The van der Waals surface area contributed by atoms with Crippen LogP contribution in [-0.4, -0.2) is 30.9 Å². The van der Waals surface area contributed by atoms with Gasteiger partial charge in [0.1, 0.15) is 6.61 Å². The Morgan fingerprint density at radius 2 is 2.25 bits per heavy atom. The Kier molecular flexibility index (Phi) is 5.22. The number of rotatable bonds is 6. The molecule has 3 nitrogen and oxygen atoms in total. The number of halogens is 1. The zero-order valence-corrected chi connectivity index (χ0v) is 9.66. The molecule has 0 aromatic heterocycles. The van der Waals surface area contributed by atoms with Crippen LogP contribution in [0.1, 0.15) is 12.5 Å². The molecule has 1 atom stereocenters. The van der Waals surface area contributed by atoms with Crippen LogP contribution in [0.15, 0.2) is 18.2 Å². The summed E-state index contributed by atoms with van der Waals surface area (Å²) in [5.74, 6) is -0.105. The third-order valence-corrected chi connectivity index (χ3v) is 2.31. The lowest BCUT2D eigenvalue weighted by molar-refractivity contribution is 0.181. The monoisotopic (exact) mass is 227 g/mol. The first-order valence-corrected chi connectivity index (χ1v) is 5.41. The molecule has 2 N–H and O–H groups in total. The molecule has 16 heavy (non-hydrogen) atoms. The van der Waals surface area contributed by atoms with Crippen molar-refractivity contribution < 1.29 is 14.2 Å². The van der Waals surface area contributed by atoms with Gasteiger partial charge in [0.25, 0.3) is 0 Å². The zero-order chi connectivity index (χ0) is 12.0. The van der Waals surface area contributed by atoms with Crippen molar-refractivity contribution in [2.24, 2.45) is 0 Å². The SMILES string of the molecule is CCNC(CO)COc1cccc(C)c1F. The summed E-state index contributed by atoms with van der Waals surface area (Å²) in [4.78, 5) is 0. The predicted molar refractivity (Wildman–Crippen MR) is 61.2 cm³/mol. The van der Waals surface area contributed by atoms with Crippen molar-refractivity contribution in [1.29, 1.82) is 0 Å². The number of hydrogen-bond donors (Lipinski definition) is 2. The van der Waals surface area contributed by atoms with E-state index in [4.69, 9.17) is 9.84 Å². The molecule has 0 heterocycles. The highest BCUT2D eigenvalue weighted by Crippen LogP contribution is 2.19. The number of nitrogens with one attached hydrogen (secondary N) is 1. The number of hydrogen-bond acceptors (Lipinski definition) is 3. The number of ether oxygens (including phenoxy) is 1. The third kappa shape index (κ3) is 3.47. The highest BCUT2D eigenvalue weighted by atomic mass is 19.1. The maximum atomic E-state index is 13.5. The number of aliphatic hydroxyl groups excluding tert-OH is 1. The van der Waals surface area contributed by atoms with E-state index in [-0.39, 0.29) is 30.8 Å². The van der Waals surface area contributed by atoms with Gasteiger partial charge in [0, 0.05) is 0 Å². The van der Waals surface area contributed by atoms with Crippen molar-refractivity contribution >= 4 is 0 Å². The molecule has 0 aliphatic rings. The molecule has 90 valence electrons. The first-order chi connectivity index (χ1) is 7.69. The predicted octanol–water partition coefficient (Wildman–Crippen LogP) is 1.48. The molecule has 1 aromatic rings. The van der Waals surface area contributed by atoms with E-state index in [1.807, 2.05) is 6.92 Å². The summed E-state index contributed by atoms with van der Waals surface area (Å²) >= 11 is 0. The van der Waals surface area contributed by atoms with Crippen LogP contribution in [0.4, 0.5) is 4.39 Å². The molecule has 0 aliphatic heterocycles. The molecule has 0 saturated carbocycles. The van der Waals surface area contributed by atoms with Gasteiger partial charge in [-0.05, 0) is 25.1 Å². The smallest absolute Gasteiger partial charge is 0.167 e. The fourth-order valence-electron chi connectivity index (χ4n) is 1.39. The van der Waals surface area contributed by atoms with Crippen LogP contribution in [0.2, 0.25) is 0 Å². The molecular weight excluding hydrogens is 209 g/mol.